The second-order valence-electron chi connectivity index (χ2n) is 4.72. The zero-order valence-corrected chi connectivity index (χ0v) is 11.3. The van der Waals surface area contributed by atoms with Crippen molar-refractivity contribution in [2.45, 2.75) is 19.8 Å². The molecule has 1 aromatic rings. The largest absolute Gasteiger partial charge is 0.464 e. The monoisotopic (exact) mass is 272 g/mol. The minimum Gasteiger partial charge on any atom is -0.464 e. The molecule has 1 N–H and O–H groups in total. The smallest absolute Gasteiger partial charge is 0.189 e. The predicted molar refractivity (Wildman–Crippen MR) is 75.0 cm³/mol. The first kappa shape index (κ1) is 14.2. The number of carbonyl (C=O) groups excluding carboxylic acids is 2. The third kappa shape index (κ3) is 3.42. The molecule has 0 aromatic carbocycles. The lowest BCUT2D eigenvalue weighted by Crippen LogP contribution is -2.05. The van der Waals surface area contributed by atoms with Crippen molar-refractivity contribution in [3.05, 3.63) is 53.5 Å². The molecular weight excluding hydrogens is 256 g/mol. The number of furan rings is 1. The first-order valence-electron chi connectivity index (χ1n) is 6.42. The highest BCUT2D eigenvalue weighted by Gasteiger charge is 2.18. The Morgan fingerprint density at radius 3 is 2.90 bits per heavy atom. The van der Waals surface area contributed by atoms with Crippen molar-refractivity contribution >= 4 is 17.1 Å². The maximum Gasteiger partial charge on any atom is 0.189 e. The average molecular weight is 272 g/mol. The quantitative estimate of drug-likeness (QED) is 0.659. The molecule has 4 heteroatoms. The number of carbonyl (C=O) groups is 2. The van der Waals surface area contributed by atoms with E-state index in [-0.39, 0.29) is 18.2 Å². The fourth-order valence-electron chi connectivity index (χ4n) is 1.90. The summed E-state index contributed by atoms with van der Waals surface area (Å²) in [7, 11) is 0. The third-order valence-electron chi connectivity index (χ3n) is 3.05. The van der Waals surface area contributed by atoms with Crippen LogP contribution in [-0.2, 0) is 16.0 Å². The molecule has 0 saturated carbocycles. The van der Waals surface area contributed by atoms with E-state index in [4.69, 9.17) is 9.52 Å². The van der Waals surface area contributed by atoms with Gasteiger partial charge < -0.3 is 9.52 Å². The Morgan fingerprint density at radius 2 is 2.15 bits per heavy atom. The van der Waals surface area contributed by atoms with Gasteiger partial charge in [-0.15, -0.1) is 0 Å². The molecular formula is C16H16O4. The van der Waals surface area contributed by atoms with E-state index >= 15 is 0 Å². The summed E-state index contributed by atoms with van der Waals surface area (Å²) in [6.45, 7) is 1.93. The van der Waals surface area contributed by atoms with Crippen LogP contribution in [0.2, 0.25) is 0 Å². The van der Waals surface area contributed by atoms with Gasteiger partial charge in [0.15, 0.2) is 11.6 Å². The topological polar surface area (TPSA) is 67.5 Å². The Kier molecular flexibility index (Phi) is 4.48. The van der Waals surface area contributed by atoms with Crippen molar-refractivity contribution in [1.82, 2.24) is 0 Å². The molecule has 1 aliphatic carbocycles. The summed E-state index contributed by atoms with van der Waals surface area (Å²) in [4.78, 5) is 23.0. The van der Waals surface area contributed by atoms with E-state index in [0.717, 1.165) is 24.0 Å². The van der Waals surface area contributed by atoms with Gasteiger partial charge in [0.2, 0.25) is 0 Å². The number of hydrogen-bond donors (Lipinski definition) is 1. The summed E-state index contributed by atoms with van der Waals surface area (Å²) in [5, 5.41) is 8.89. The summed E-state index contributed by atoms with van der Waals surface area (Å²) in [6, 6.07) is 1.78. The van der Waals surface area contributed by atoms with Crippen LogP contribution in [0.4, 0.5) is 0 Å². The van der Waals surface area contributed by atoms with Crippen LogP contribution in [0.1, 0.15) is 24.7 Å². The molecule has 20 heavy (non-hydrogen) atoms. The molecule has 0 atom stereocenters. The minimum atomic E-state index is -0.221. The van der Waals surface area contributed by atoms with E-state index < -0.39 is 0 Å². The van der Waals surface area contributed by atoms with Crippen LogP contribution in [0.3, 0.4) is 0 Å². The maximum atomic E-state index is 11.7. The zero-order valence-electron chi connectivity index (χ0n) is 11.3. The first-order chi connectivity index (χ1) is 9.60. The second kappa shape index (κ2) is 6.30. The molecule has 0 spiro atoms. The van der Waals surface area contributed by atoms with Crippen LogP contribution in [-0.4, -0.2) is 23.3 Å². The molecule has 0 unspecified atom stereocenters. The lowest BCUT2D eigenvalue weighted by Gasteiger charge is -2.02. The van der Waals surface area contributed by atoms with Gasteiger partial charge in [0.1, 0.15) is 5.76 Å². The first-order valence-corrected chi connectivity index (χ1v) is 6.42. The van der Waals surface area contributed by atoms with Gasteiger partial charge in [0.05, 0.1) is 18.4 Å². The minimum absolute atomic E-state index is 0.0620. The maximum absolute atomic E-state index is 11.7. The number of hydrogen-bond acceptors (Lipinski definition) is 4. The van der Waals surface area contributed by atoms with Gasteiger partial charge in [-0.05, 0) is 43.5 Å². The second-order valence-corrected chi connectivity index (χ2v) is 4.72. The molecule has 1 heterocycles. The predicted octanol–water partition coefficient (Wildman–Crippen LogP) is 2.24. The fourth-order valence-corrected chi connectivity index (χ4v) is 1.90. The number of aliphatic hydroxyl groups is 1. The van der Waals surface area contributed by atoms with Crippen LogP contribution in [0.5, 0.6) is 0 Å². The van der Waals surface area contributed by atoms with Crippen molar-refractivity contribution in [3.63, 3.8) is 0 Å². The van der Waals surface area contributed by atoms with Gasteiger partial charge in [-0.2, -0.15) is 0 Å². The van der Waals surface area contributed by atoms with E-state index in [2.05, 4.69) is 0 Å². The number of aliphatic hydroxyl groups excluding tert-OH is 1. The standard InChI is InChI=1S/C16H16O4/c1-11(9-17)3-2-4-12-7-16(20-10-12)14-8-13(18)5-6-15(14)19/h3,5-8,10,17H,2,4,9H2,1H3/b11-3+. The molecule has 4 nitrogen and oxygen atoms in total. The molecule has 2 rings (SSSR count). The SMILES string of the molecule is C/C(=C\CCc1coc(C2=CC(=O)C=CC2=O)c1)CO. The highest BCUT2D eigenvalue weighted by molar-refractivity contribution is 6.33. The summed E-state index contributed by atoms with van der Waals surface area (Å²) in [5.41, 5.74) is 2.18. The average Bonchev–Trinajstić information content (AvgIpc) is 2.90. The summed E-state index contributed by atoms with van der Waals surface area (Å²) in [6.07, 6.45) is 8.90. The van der Waals surface area contributed by atoms with Gasteiger partial charge in [0.25, 0.3) is 0 Å². The van der Waals surface area contributed by atoms with E-state index in [1.807, 2.05) is 13.0 Å². The van der Waals surface area contributed by atoms with Crippen LogP contribution < -0.4 is 0 Å². The third-order valence-corrected chi connectivity index (χ3v) is 3.05. The Labute approximate surface area is 117 Å². The summed E-state index contributed by atoms with van der Waals surface area (Å²) < 4.78 is 5.36. The molecule has 0 aliphatic heterocycles. The molecule has 1 aromatic heterocycles. The van der Waals surface area contributed by atoms with E-state index in [1.165, 1.54) is 18.2 Å². The van der Waals surface area contributed by atoms with Gasteiger partial charge in [0, 0.05) is 6.08 Å². The Morgan fingerprint density at radius 1 is 1.35 bits per heavy atom. The molecule has 0 saturated heterocycles. The zero-order chi connectivity index (χ0) is 14.5. The number of rotatable bonds is 5. The van der Waals surface area contributed by atoms with Crippen molar-refractivity contribution < 1.29 is 19.1 Å². The Balaban J connectivity index is 2.06. The van der Waals surface area contributed by atoms with Crippen LogP contribution in [0.15, 0.2) is 46.6 Å². The number of aryl methyl sites for hydroxylation is 1. The van der Waals surface area contributed by atoms with E-state index in [9.17, 15) is 9.59 Å². The number of ketones is 2. The molecule has 0 amide bonds. The molecule has 0 radical (unpaired) electrons. The highest BCUT2D eigenvalue weighted by Crippen LogP contribution is 2.22. The van der Waals surface area contributed by atoms with Gasteiger partial charge >= 0.3 is 0 Å². The van der Waals surface area contributed by atoms with Crippen LogP contribution >= 0.6 is 0 Å². The molecule has 0 bridgehead atoms. The Hall–Kier alpha value is -2.20. The van der Waals surface area contributed by atoms with Crippen molar-refractivity contribution in [3.8, 4) is 0 Å². The van der Waals surface area contributed by atoms with Gasteiger partial charge in [-0.1, -0.05) is 11.6 Å². The van der Waals surface area contributed by atoms with Crippen LogP contribution in [0.25, 0.3) is 5.57 Å². The Bertz CT molecular complexity index is 614. The van der Waals surface area contributed by atoms with Gasteiger partial charge in [-0.25, -0.2) is 0 Å². The highest BCUT2D eigenvalue weighted by atomic mass is 16.3. The van der Waals surface area contributed by atoms with Gasteiger partial charge in [-0.3, -0.25) is 9.59 Å². The number of allylic oxidation sites excluding steroid dienone is 5. The molecule has 104 valence electrons. The van der Waals surface area contributed by atoms with Crippen molar-refractivity contribution in [2.75, 3.05) is 6.61 Å². The fraction of sp³-hybridized carbons (Fsp3) is 0.250. The van der Waals surface area contributed by atoms with Crippen LogP contribution in [0, 0.1) is 0 Å². The van der Waals surface area contributed by atoms with Crippen molar-refractivity contribution in [2.24, 2.45) is 0 Å². The van der Waals surface area contributed by atoms with E-state index in [0.29, 0.717) is 11.3 Å². The normalized spacial score (nSPS) is 15.7. The van der Waals surface area contributed by atoms with E-state index in [1.54, 1.807) is 12.3 Å². The lowest BCUT2D eigenvalue weighted by atomic mass is 10.0. The molecule has 1 aliphatic rings. The summed E-state index contributed by atoms with van der Waals surface area (Å²) in [5.74, 6) is -0.00821. The van der Waals surface area contributed by atoms with Crippen molar-refractivity contribution in [1.29, 1.82) is 0 Å². The summed E-state index contributed by atoms with van der Waals surface area (Å²) >= 11 is 0. The molecule has 0 fully saturated rings. The lowest BCUT2D eigenvalue weighted by molar-refractivity contribution is -0.113.